The highest BCUT2D eigenvalue weighted by molar-refractivity contribution is 6.62. The van der Waals surface area contributed by atoms with Crippen LogP contribution in [0.1, 0.15) is 39.4 Å². The third kappa shape index (κ3) is 3.43. The van der Waals surface area contributed by atoms with Gasteiger partial charge in [0.1, 0.15) is 6.10 Å². The van der Waals surface area contributed by atoms with Crippen molar-refractivity contribution in [3.8, 4) is 0 Å². The number of ether oxygens (including phenoxy) is 1. The second-order valence-corrected chi connectivity index (χ2v) is 6.67. The van der Waals surface area contributed by atoms with Crippen LogP contribution in [0.15, 0.2) is 24.3 Å². The molecule has 0 saturated carbocycles. The first-order valence-electron chi connectivity index (χ1n) is 7.48. The molecule has 2 N–H and O–H groups in total. The molecule has 126 valence electrons. The van der Waals surface area contributed by atoms with E-state index in [2.05, 4.69) is 4.74 Å². The summed E-state index contributed by atoms with van der Waals surface area (Å²) in [6, 6.07) is 6.73. The fourth-order valence-corrected chi connectivity index (χ4v) is 2.26. The molecule has 2 atom stereocenters. The van der Waals surface area contributed by atoms with Crippen LogP contribution in [0, 0.1) is 0 Å². The third-order valence-corrected chi connectivity index (χ3v) is 4.55. The first-order chi connectivity index (χ1) is 10.6. The molecule has 1 fully saturated rings. The zero-order valence-corrected chi connectivity index (χ0v) is 14.1. The van der Waals surface area contributed by atoms with E-state index in [1.807, 2.05) is 27.7 Å². The van der Waals surface area contributed by atoms with Crippen molar-refractivity contribution < 1.29 is 29.1 Å². The lowest BCUT2D eigenvalue weighted by atomic mass is 9.78. The smallest absolute Gasteiger partial charge is 0.467 e. The topological polar surface area (TPSA) is 85.2 Å². The van der Waals surface area contributed by atoms with Gasteiger partial charge in [-0.3, -0.25) is 0 Å². The van der Waals surface area contributed by atoms with E-state index in [9.17, 15) is 15.0 Å². The van der Waals surface area contributed by atoms with Gasteiger partial charge in [0.05, 0.1) is 18.3 Å². The van der Waals surface area contributed by atoms with Crippen LogP contribution in [0.5, 0.6) is 0 Å². The number of aliphatic hydroxyl groups excluding tert-OH is 2. The molecule has 1 aromatic carbocycles. The summed E-state index contributed by atoms with van der Waals surface area (Å²) in [5, 5.41) is 19.7. The van der Waals surface area contributed by atoms with E-state index in [0.717, 1.165) is 12.6 Å². The predicted molar refractivity (Wildman–Crippen MR) is 85.1 cm³/mol. The lowest BCUT2D eigenvalue weighted by molar-refractivity contribution is -0.156. The number of carbonyl (C=O) groups excluding carboxylic acids is 1. The van der Waals surface area contributed by atoms with Gasteiger partial charge >= 0.3 is 13.1 Å². The monoisotopic (exact) mass is 322 g/mol. The van der Waals surface area contributed by atoms with Crippen LogP contribution >= 0.6 is 0 Å². The molecule has 0 amide bonds. The van der Waals surface area contributed by atoms with Crippen molar-refractivity contribution in [2.45, 2.75) is 51.1 Å². The van der Waals surface area contributed by atoms with Gasteiger partial charge in [-0.15, -0.1) is 0 Å². The van der Waals surface area contributed by atoms with Gasteiger partial charge < -0.3 is 24.3 Å². The van der Waals surface area contributed by atoms with E-state index < -0.39 is 36.5 Å². The Hall–Kier alpha value is -1.41. The van der Waals surface area contributed by atoms with Crippen LogP contribution in [0.2, 0.25) is 0 Å². The standard InChI is InChI=1S/C16H23BO6/c1-15(2)16(3,4)23-17(22-15)11-8-6-10(7-9-11)12(18)13(19)14(20)21-5/h6-9,12-13,18-19H,1-5H3. The Labute approximate surface area is 136 Å². The zero-order chi connectivity index (χ0) is 17.4. The maximum absolute atomic E-state index is 11.3. The molecule has 1 aliphatic heterocycles. The van der Waals surface area contributed by atoms with Crippen molar-refractivity contribution in [3.05, 3.63) is 29.8 Å². The average molecular weight is 322 g/mol. The van der Waals surface area contributed by atoms with E-state index >= 15 is 0 Å². The molecule has 0 aromatic heterocycles. The van der Waals surface area contributed by atoms with E-state index in [4.69, 9.17) is 9.31 Å². The first-order valence-corrected chi connectivity index (χ1v) is 7.48. The van der Waals surface area contributed by atoms with Gasteiger partial charge in [-0.1, -0.05) is 24.3 Å². The maximum atomic E-state index is 11.3. The molecule has 23 heavy (non-hydrogen) atoms. The first kappa shape index (κ1) is 17.9. The van der Waals surface area contributed by atoms with Crippen LogP contribution in [0.25, 0.3) is 0 Å². The molecular formula is C16H23BO6. The van der Waals surface area contributed by atoms with Gasteiger partial charge in [0.15, 0.2) is 6.10 Å². The van der Waals surface area contributed by atoms with Crippen molar-refractivity contribution in [1.29, 1.82) is 0 Å². The highest BCUT2D eigenvalue weighted by Gasteiger charge is 2.51. The Balaban J connectivity index is 2.13. The van der Waals surface area contributed by atoms with Gasteiger partial charge in [-0.05, 0) is 38.7 Å². The number of benzene rings is 1. The lowest BCUT2D eigenvalue weighted by Crippen LogP contribution is -2.41. The predicted octanol–water partition coefficient (Wildman–Crippen LogP) is 0.553. The van der Waals surface area contributed by atoms with E-state index in [1.165, 1.54) is 0 Å². The van der Waals surface area contributed by atoms with Crippen LogP contribution in [0.3, 0.4) is 0 Å². The molecule has 1 saturated heterocycles. The second kappa shape index (κ2) is 6.24. The van der Waals surface area contributed by atoms with Crippen LogP contribution in [-0.2, 0) is 18.8 Å². The largest absolute Gasteiger partial charge is 0.494 e. The van der Waals surface area contributed by atoms with Gasteiger partial charge in [0, 0.05) is 0 Å². The van der Waals surface area contributed by atoms with E-state index in [0.29, 0.717) is 5.56 Å². The number of esters is 1. The maximum Gasteiger partial charge on any atom is 0.494 e. The fraction of sp³-hybridized carbons (Fsp3) is 0.562. The van der Waals surface area contributed by atoms with Gasteiger partial charge in [0.2, 0.25) is 0 Å². The Morgan fingerprint density at radius 3 is 2.00 bits per heavy atom. The highest BCUT2D eigenvalue weighted by atomic mass is 16.7. The van der Waals surface area contributed by atoms with Crippen LogP contribution < -0.4 is 5.46 Å². The fourth-order valence-electron chi connectivity index (χ4n) is 2.26. The van der Waals surface area contributed by atoms with Crippen LogP contribution in [0.4, 0.5) is 0 Å². The van der Waals surface area contributed by atoms with Gasteiger partial charge in [-0.2, -0.15) is 0 Å². The molecule has 0 radical (unpaired) electrons. The number of rotatable bonds is 4. The zero-order valence-electron chi connectivity index (χ0n) is 14.1. The average Bonchev–Trinajstić information content (AvgIpc) is 2.73. The summed E-state index contributed by atoms with van der Waals surface area (Å²) >= 11 is 0. The second-order valence-electron chi connectivity index (χ2n) is 6.67. The summed E-state index contributed by atoms with van der Waals surface area (Å²) < 4.78 is 16.3. The summed E-state index contributed by atoms with van der Waals surface area (Å²) in [5.74, 6) is -0.882. The number of hydrogen-bond donors (Lipinski definition) is 2. The van der Waals surface area contributed by atoms with Crippen molar-refractivity contribution in [1.82, 2.24) is 0 Å². The van der Waals surface area contributed by atoms with Crippen molar-refractivity contribution >= 4 is 18.6 Å². The molecule has 0 aliphatic carbocycles. The molecule has 2 rings (SSSR count). The molecule has 1 heterocycles. The molecule has 0 spiro atoms. The summed E-state index contributed by atoms with van der Waals surface area (Å²) in [6.07, 6.45) is -2.97. The number of aliphatic hydroxyl groups is 2. The molecular weight excluding hydrogens is 299 g/mol. The Kier molecular flexibility index (Phi) is 4.87. The molecule has 1 aliphatic rings. The number of hydrogen-bond acceptors (Lipinski definition) is 6. The minimum absolute atomic E-state index is 0.406. The minimum atomic E-state index is -1.62. The molecule has 6 nitrogen and oxygen atoms in total. The summed E-state index contributed by atoms with van der Waals surface area (Å²) in [6.45, 7) is 7.88. The Bertz CT molecular complexity index is 552. The van der Waals surface area contributed by atoms with Crippen molar-refractivity contribution in [3.63, 3.8) is 0 Å². The number of methoxy groups -OCH3 is 1. The molecule has 0 bridgehead atoms. The van der Waals surface area contributed by atoms with E-state index in [1.54, 1.807) is 24.3 Å². The van der Waals surface area contributed by atoms with Crippen LogP contribution in [-0.4, -0.2) is 47.7 Å². The minimum Gasteiger partial charge on any atom is -0.467 e. The normalized spacial score (nSPS) is 21.8. The molecule has 7 heteroatoms. The quantitative estimate of drug-likeness (QED) is 0.622. The third-order valence-electron chi connectivity index (χ3n) is 4.55. The molecule has 2 unspecified atom stereocenters. The lowest BCUT2D eigenvalue weighted by Gasteiger charge is -2.32. The Morgan fingerprint density at radius 1 is 1.09 bits per heavy atom. The van der Waals surface area contributed by atoms with Crippen molar-refractivity contribution in [2.24, 2.45) is 0 Å². The summed E-state index contributed by atoms with van der Waals surface area (Å²) in [5.41, 5.74) is 0.337. The van der Waals surface area contributed by atoms with Gasteiger partial charge in [0.25, 0.3) is 0 Å². The highest BCUT2D eigenvalue weighted by Crippen LogP contribution is 2.36. The Morgan fingerprint density at radius 2 is 1.57 bits per heavy atom. The SMILES string of the molecule is COC(=O)C(O)C(O)c1ccc(B2OC(C)(C)C(C)(C)O2)cc1. The summed E-state index contributed by atoms with van der Waals surface area (Å²) in [4.78, 5) is 11.3. The van der Waals surface area contributed by atoms with Gasteiger partial charge in [-0.25, -0.2) is 4.79 Å². The molecule has 1 aromatic rings. The van der Waals surface area contributed by atoms with E-state index in [-0.39, 0.29) is 0 Å². The van der Waals surface area contributed by atoms with Crippen molar-refractivity contribution in [2.75, 3.05) is 7.11 Å². The number of carbonyl (C=O) groups is 1. The summed E-state index contributed by atoms with van der Waals surface area (Å²) in [7, 11) is 0.649.